The van der Waals surface area contributed by atoms with E-state index in [2.05, 4.69) is 16.0 Å². The third kappa shape index (κ3) is 4.35. The van der Waals surface area contributed by atoms with Crippen LogP contribution in [-0.2, 0) is 12.4 Å². The molecule has 0 spiro atoms. The van der Waals surface area contributed by atoms with Gasteiger partial charge in [-0.25, -0.2) is 0 Å². The fourth-order valence-electron chi connectivity index (χ4n) is 2.04. The maximum Gasteiger partial charge on any atom is 0.0640 e. The summed E-state index contributed by atoms with van der Waals surface area (Å²) in [5.41, 5.74) is 2.98. The first kappa shape index (κ1) is 15.6. The third-order valence-corrected chi connectivity index (χ3v) is 3.78. The van der Waals surface area contributed by atoms with E-state index in [4.69, 9.17) is 28.5 Å². The van der Waals surface area contributed by atoms with Gasteiger partial charge in [0.2, 0.25) is 0 Å². The van der Waals surface area contributed by atoms with Gasteiger partial charge in [0, 0.05) is 42.1 Å². The summed E-state index contributed by atoms with van der Waals surface area (Å²) < 4.78 is 0. The molecule has 3 nitrogen and oxygen atoms in total. The number of nitriles is 1. The number of alkyl halides is 1. The lowest BCUT2D eigenvalue weighted by Crippen LogP contribution is -2.23. The van der Waals surface area contributed by atoms with Crippen molar-refractivity contribution in [3.63, 3.8) is 0 Å². The monoisotopic (exact) mass is 319 g/mol. The lowest BCUT2D eigenvalue weighted by atomic mass is 10.2. The summed E-state index contributed by atoms with van der Waals surface area (Å²) >= 11 is 12.1. The highest BCUT2D eigenvalue weighted by Crippen LogP contribution is 2.26. The second-order valence-electron chi connectivity index (χ2n) is 4.60. The first-order chi connectivity index (χ1) is 10.2. The Balaban J connectivity index is 2.23. The third-order valence-electron chi connectivity index (χ3n) is 3.14. The number of halogens is 2. The normalized spacial score (nSPS) is 10.1. The van der Waals surface area contributed by atoms with Crippen LogP contribution in [0.25, 0.3) is 0 Å². The molecule has 0 aliphatic carbocycles. The molecule has 2 aromatic rings. The van der Waals surface area contributed by atoms with Crippen LogP contribution >= 0.6 is 23.2 Å². The van der Waals surface area contributed by atoms with Gasteiger partial charge in [0.15, 0.2) is 0 Å². The van der Waals surface area contributed by atoms with Crippen LogP contribution in [0, 0.1) is 11.3 Å². The molecule has 0 saturated carbocycles. The van der Waals surface area contributed by atoms with Gasteiger partial charge >= 0.3 is 0 Å². The fourth-order valence-corrected chi connectivity index (χ4v) is 2.58. The predicted molar refractivity (Wildman–Crippen MR) is 86.5 cm³/mol. The van der Waals surface area contributed by atoms with E-state index in [-0.39, 0.29) is 0 Å². The summed E-state index contributed by atoms with van der Waals surface area (Å²) in [7, 11) is 0. The van der Waals surface area contributed by atoms with Crippen LogP contribution in [0.2, 0.25) is 5.02 Å². The zero-order chi connectivity index (χ0) is 15.1. The van der Waals surface area contributed by atoms with Crippen molar-refractivity contribution in [2.45, 2.75) is 18.8 Å². The number of rotatable bonds is 6. The molecule has 0 unspecified atom stereocenters. The standard InChI is InChI=1S/C16H15Cl2N3/c17-10-14-4-5-15(9-16(14)18)21(8-2-6-19)12-13-3-1-7-20-11-13/h1,3-5,7,9,11H,2,8,10,12H2. The molecule has 0 atom stereocenters. The molecular weight excluding hydrogens is 305 g/mol. The first-order valence-corrected chi connectivity index (χ1v) is 7.51. The number of pyridine rings is 1. The number of anilines is 1. The minimum Gasteiger partial charge on any atom is -0.366 e. The van der Waals surface area contributed by atoms with Crippen molar-refractivity contribution in [2.75, 3.05) is 11.4 Å². The zero-order valence-electron chi connectivity index (χ0n) is 11.5. The van der Waals surface area contributed by atoms with E-state index >= 15 is 0 Å². The number of aromatic nitrogens is 1. The molecule has 0 fully saturated rings. The molecule has 0 radical (unpaired) electrons. The molecule has 0 aliphatic rings. The predicted octanol–water partition coefficient (Wildman–Crippen LogP) is 4.39. The number of nitrogens with zero attached hydrogens (tertiary/aromatic N) is 3. The van der Waals surface area contributed by atoms with Gasteiger partial charge in [-0.2, -0.15) is 5.26 Å². The summed E-state index contributed by atoms with van der Waals surface area (Å²) in [5.74, 6) is 0.389. The van der Waals surface area contributed by atoms with Crippen LogP contribution in [0.1, 0.15) is 17.5 Å². The molecule has 0 aliphatic heterocycles. The fraction of sp³-hybridized carbons (Fsp3) is 0.250. The van der Waals surface area contributed by atoms with Crippen molar-refractivity contribution < 1.29 is 0 Å². The maximum atomic E-state index is 8.83. The Hall–Kier alpha value is -1.76. The molecular formula is C16H15Cl2N3. The average Bonchev–Trinajstić information content (AvgIpc) is 2.52. The smallest absolute Gasteiger partial charge is 0.0640 e. The summed E-state index contributed by atoms with van der Waals surface area (Å²) in [5, 5.41) is 9.48. The van der Waals surface area contributed by atoms with Gasteiger partial charge in [0.1, 0.15) is 0 Å². The van der Waals surface area contributed by atoms with Crippen LogP contribution in [0.15, 0.2) is 42.7 Å². The molecule has 5 heteroatoms. The van der Waals surface area contributed by atoms with Gasteiger partial charge in [-0.1, -0.05) is 23.7 Å². The highest BCUT2D eigenvalue weighted by atomic mass is 35.5. The molecule has 1 aromatic heterocycles. The molecule has 21 heavy (non-hydrogen) atoms. The molecule has 0 amide bonds. The lowest BCUT2D eigenvalue weighted by molar-refractivity contribution is 0.795. The van der Waals surface area contributed by atoms with Gasteiger partial charge in [0.25, 0.3) is 0 Å². The largest absolute Gasteiger partial charge is 0.366 e. The van der Waals surface area contributed by atoms with E-state index < -0.39 is 0 Å². The molecule has 0 bridgehead atoms. The van der Waals surface area contributed by atoms with Crippen molar-refractivity contribution >= 4 is 28.9 Å². The van der Waals surface area contributed by atoms with Crippen molar-refractivity contribution in [1.82, 2.24) is 4.98 Å². The maximum absolute atomic E-state index is 8.83. The van der Waals surface area contributed by atoms with Crippen LogP contribution in [-0.4, -0.2) is 11.5 Å². The molecule has 1 heterocycles. The van der Waals surface area contributed by atoms with E-state index in [0.717, 1.165) is 16.8 Å². The van der Waals surface area contributed by atoms with E-state index in [1.165, 1.54) is 0 Å². The molecule has 1 aromatic carbocycles. The SMILES string of the molecule is N#CCCN(Cc1cccnc1)c1ccc(CCl)c(Cl)c1. The second-order valence-corrected chi connectivity index (χ2v) is 5.27. The van der Waals surface area contributed by atoms with E-state index in [0.29, 0.717) is 30.4 Å². The topological polar surface area (TPSA) is 39.9 Å². The second kappa shape index (κ2) is 7.87. The minimum absolute atomic E-state index is 0.389. The summed E-state index contributed by atoms with van der Waals surface area (Å²) in [6.45, 7) is 1.33. The van der Waals surface area contributed by atoms with E-state index in [9.17, 15) is 0 Å². The zero-order valence-corrected chi connectivity index (χ0v) is 13.0. The Bertz CT molecular complexity index is 623. The van der Waals surface area contributed by atoms with Crippen molar-refractivity contribution in [3.05, 3.63) is 58.9 Å². The summed E-state index contributed by atoms with van der Waals surface area (Å²) in [6.07, 6.45) is 4.03. The molecule has 0 N–H and O–H groups in total. The Morgan fingerprint density at radius 1 is 1.29 bits per heavy atom. The van der Waals surface area contributed by atoms with Gasteiger partial charge in [-0.05, 0) is 29.3 Å². The summed E-state index contributed by atoms with van der Waals surface area (Å²) in [4.78, 5) is 6.24. The van der Waals surface area contributed by atoms with Crippen LogP contribution in [0.4, 0.5) is 5.69 Å². The van der Waals surface area contributed by atoms with Crippen molar-refractivity contribution in [1.29, 1.82) is 5.26 Å². The highest BCUT2D eigenvalue weighted by Gasteiger charge is 2.10. The minimum atomic E-state index is 0.389. The Morgan fingerprint density at radius 3 is 2.76 bits per heavy atom. The first-order valence-electron chi connectivity index (χ1n) is 6.60. The lowest BCUT2D eigenvalue weighted by Gasteiger charge is -2.24. The van der Waals surface area contributed by atoms with Gasteiger partial charge in [0.05, 0.1) is 12.5 Å². The Kier molecular flexibility index (Phi) is 5.86. The highest BCUT2D eigenvalue weighted by molar-refractivity contribution is 6.32. The average molecular weight is 320 g/mol. The molecule has 2 rings (SSSR count). The molecule has 0 saturated heterocycles. The van der Waals surface area contributed by atoms with Gasteiger partial charge in [-0.15, -0.1) is 11.6 Å². The van der Waals surface area contributed by atoms with Crippen molar-refractivity contribution in [2.24, 2.45) is 0 Å². The number of benzene rings is 1. The summed E-state index contributed by atoms with van der Waals surface area (Å²) in [6, 6.07) is 11.9. The van der Waals surface area contributed by atoms with Gasteiger partial charge in [-0.3, -0.25) is 4.98 Å². The quantitative estimate of drug-likeness (QED) is 0.741. The van der Waals surface area contributed by atoms with E-state index in [1.807, 2.05) is 36.5 Å². The van der Waals surface area contributed by atoms with Crippen LogP contribution < -0.4 is 4.90 Å². The Labute approximate surface area is 134 Å². The van der Waals surface area contributed by atoms with Crippen molar-refractivity contribution in [3.8, 4) is 6.07 Å². The van der Waals surface area contributed by atoms with Crippen LogP contribution in [0.5, 0.6) is 0 Å². The number of hydrogen-bond donors (Lipinski definition) is 0. The number of hydrogen-bond acceptors (Lipinski definition) is 3. The van der Waals surface area contributed by atoms with Crippen LogP contribution in [0.3, 0.4) is 0 Å². The molecule has 108 valence electrons. The van der Waals surface area contributed by atoms with Gasteiger partial charge < -0.3 is 4.90 Å². The Morgan fingerprint density at radius 2 is 2.14 bits per heavy atom. The van der Waals surface area contributed by atoms with E-state index in [1.54, 1.807) is 6.20 Å².